The summed E-state index contributed by atoms with van der Waals surface area (Å²) in [6, 6.07) is 7.33. The number of benzene rings is 1. The van der Waals surface area contributed by atoms with Gasteiger partial charge < -0.3 is 15.2 Å². The molecule has 0 aliphatic heterocycles. The van der Waals surface area contributed by atoms with E-state index >= 15 is 0 Å². The lowest BCUT2D eigenvalue weighted by molar-refractivity contribution is -0.131. The predicted octanol–water partition coefficient (Wildman–Crippen LogP) is 2.25. The Morgan fingerprint density at radius 2 is 2.11 bits per heavy atom. The van der Waals surface area contributed by atoms with Crippen molar-refractivity contribution in [1.29, 1.82) is 0 Å². The monoisotopic (exact) mass is 327 g/mol. The van der Waals surface area contributed by atoms with E-state index in [1.165, 1.54) is 0 Å². The van der Waals surface area contributed by atoms with Crippen molar-refractivity contribution >= 4 is 21.8 Å². The zero-order valence-corrected chi connectivity index (χ0v) is 12.4. The molecule has 1 aliphatic carbocycles. The van der Waals surface area contributed by atoms with Crippen LogP contribution >= 0.6 is 15.9 Å². The number of aliphatic hydroxyl groups excluding tert-OH is 1. The molecule has 0 saturated heterocycles. The minimum absolute atomic E-state index is 0.0102. The molecule has 5 heteroatoms. The Bertz CT molecular complexity index is 437. The highest BCUT2D eigenvalue weighted by Crippen LogP contribution is 2.31. The van der Waals surface area contributed by atoms with Crippen molar-refractivity contribution in [3.63, 3.8) is 0 Å². The molecule has 1 atom stereocenters. The Morgan fingerprint density at radius 1 is 1.47 bits per heavy atom. The number of aliphatic hydroxyl groups is 1. The Labute approximate surface area is 121 Å². The van der Waals surface area contributed by atoms with Crippen molar-refractivity contribution in [3.05, 3.63) is 28.7 Å². The lowest BCUT2D eigenvalue weighted by atomic mass is 9.77. The Balaban J connectivity index is 1.90. The van der Waals surface area contributed by atoms with Crippen LogP contribution in [0.2, 0.25) is 0 Å². The molecule has 0 heterocycles. The molecular weight excluding hydrogens is 310 g/mol. The zero-order chi connectivity index (χ0) is 13.9. The van der Waals surface area contributed by atoms with Crippen LogP contribution in [0.25, 0.3) is 0 Å². The van der Waals surface area contributed by atoms with Crippen molar-refractivity contribution in [2.75, 3.05) is 6.61 Å². The first-order valence-electron chi connectivity index (χ1n) is 6.40. The number of nitrogens with one attached hydrogen (secondary N) is 1. The van der Waals surface area contributed by atoms with Crippen molar-refractivity contribution in [3.8, 4) is 5.75 Å². The van der Waals surface area contributed by atoms with Crippen LogP contribution in [0.5, 0.6) is 5.75 Å². The fraction of sp³-hybridized carbons (Fsp3) is 0.500. The fourth-order valence-electron chi connectivity index (χ4n) is 2.06. The number of hydrogen-bond acceptors (Lipinski definition) is 3. The van der Waals surface area contributed by atoms with Crippen LogP contribution in [0.1, 0.15) is 26.2 Å². The third-order valence-electron chi connectivity index (χ3n) is 3.50. The molecule has 104 valence electrons. The van der Waals surface area contributed by atoms with Crippen molar-refractivity contribution < 1.29 is 14.6 Å². The number of halogens is 1. The highest BCUT2D eigenvalue weighted by molar-refractivity contribution is 9.10. The van der Waals surface area contributed by atoms with Gasteiger partial charge in [-0.3, -0.25) is 4.79 Å². The maximum Gasteiger partial charge on any atom is 0.261 e. The van der Waals surface area contributed by atoms with E-state index in [1.54, 1.807) is 19.1 Å². The highest BCUT2D eigenvalue weighted by atomic mass is 79.9. The second-order valence-corrected chi connectivity index (χ2v) is 5.91. The van der Waals surface area contributed by atoms with Crippen LogP contribution in [0.15, 0.2) is 28.7 Å². The summed E-state index contributed by atoms with van der Waals surface area (Å²) in [6.07, 6.45) is 2.13. The molecule has 2 rings (SSSR count). The number of amides is 1. The standard InChI is InChI=1S/C14H18BrNO3/c1-10(19-12-5-3-11(15)4-6-12)13(18)16-14(9-17)7-2-8-14/h3-6,10,17H,2,7-9H2,1H3,(H,16,18). The minimum atomic E-state index is -0.579. The molecule has 19 heavy (non-hydrogen) atoms. The van der Waals surface area contributed by atoms with Gasteiger partial charge in [0.05, 0.1) is 12.1 Å². The van der Waals surface area contributed by atoms with Gasteiger partial charge >= 0.3 is 0 Å². The first-order valence-corrected chi connectivity index (χ1v) is 7.19. The van der Waals surface area contributed by atoms with E-state index in [0.29, 0.717) is 5.75 Å². The molecule has 0 radical (unpaired) electrons. The van der Waals surface area contributed by atoms with Gasteiger partial charge in [0.2, 0.25) is 0 Å². The van der Waals surface area contributed by atoms with Gasteiger partial charge in [-0.15, -0.1) is 0 Å². The van der Waals surface area contributed by atoms with Gasteiger partial charge in [-0.1, -0.05) is 15.9 Å². The quantitative estimate of drug-likeness (QED) is 0.872. The molecule has 0 aromatic heterocycles. The molecule has 1 saturated carbocycles. The predicted molar refractivity (Wildman–Crippen MR) is 76.0 cm³/mol. The summed E-state index contributed by atoms with van der Waals surface area (Å²) >= 11 is 3.34. The van der Waals surface area contributed by atoms with Crippen LogP contribution in [-0.2, 0) is 4.79 Å². The maximum absolute atomic E-state index is 12.0. The molecule has 1 amide bonds. The Morgan fingerprint density at radius 3 is 2.58 bits per heavy atom. The van der Waals surface area contributed by atoms with Gasteiger partial charge in [-0.2, -0.15) is 0 Å². The summed E-state index contributed by atoms with van der Waals surface area (Å²) in [4.78, 5) is 12.0. The number of rotatable bonds is 5. The normalized spacial score (nSPS) is 18.3. The summed E-state index contributed by atoms with van der Waals surface area (Å²) in [7, 11) is 0. The average Bonchev–Trinajstić information content (AvgIpc) is 2.36. The first kappa shape index (κ1) is 14.3. The SMILES string of the molecule is CC(Oc1ccc(Br)cc1)C(=O)NC1(CO)CCC1. The van der Waals surface area contributed by atoms with Crippen LogP contribution in [0, 0.1) is 0 Å². The van der Waals surface area contributed by atoms with Crippen molar-refractivity contribution in [1.82, 2.24) is 5.32 Å². The van der Waals surface area contributed by atoms with Crippen molar-refractivity contribution in [2.45, 2.75) is 37.8 Å². The van der Waals surface area contributed by atoms with Crippen molar-refractivity contribution in [2.24, 2.45) is 0 Å². The van der Waals surface area contributed by atoms with Crippen LogP contribution in [-0.4, -0.2) is 29.3 Å². The molecule has 4 nitrogen and oxygen atoms in total. The van der Waals surface area contributed by atoms with Gasteiger partial charge in [0.1, 0.15) is 5.75 Å². The van der Waals surface area contributed by atoms with Gasteiger partial charge in [-0.25, -0.2) is 0 Å². The minimum Gasteiger partial charge on any atom is -0.481 e. The summed E-state index contributed by atoms with van der Waals surface area (Å²) in [5.74, 6) is 0.467. The zero-order valence-electron chi connectivity index (χ0n) is 10.9. The summed E-state index contributed by atoms with van der Waals surface area (Å²) < 4.78 is 6.54. The topological polar surface area (TPSA) is 58.6 Å². The molecule has 1 unspecified atom stereocenters. The molecule has 1 aromatic carbocycles. The first-order chi connectivity index (χ1) is 9.04. The van der Waals surface area contributed by atoms with E-state index in [9.17, 15) is 9.90 Å². The van der Waals surface area contributed by atoms with E-state index < -0.39 is 11.6 Å². The molecule has 1 aromatic rings. The maximum atomic E-state index is 12.0. The van der Waals surface area contributed by atoms with E-state index in [4.69, 9.17) is 4.74 Å². The average molecular weight is 328 g/mol. The number of hydrogen-bond donors (Lipinski definition) is 2. The summed E-state index contributed by atoms with van der Waals surface area (Å²) in [5.41, 5.74) is -0.422. The Kier molecular flexibility index (Phi) is 4.47. The van der Waals surface area contributed by atoms with Crippen LogP contribution in [0.4, 0.5) is 0 Å². The fourth-order valence-corrected chi connectivity index (χ4v) is 2.32. The van der Waals surface area contributed by atoms with E-state index in [-0.39, 0.29) is 12.5 Å². The molecule has 1 aliphatic rings. The van der Waals surface area contributed by atoms with Crippen LogP contribution in [0.3, 0.4) is 0 Å². The number of carbonyl (C=O) groups is 1. The summed E-state index contributed by atoms with van der Waals surface area (Å²) in [6.45, 7) is 1.70. The third-order valence-corrected chi connectivity index (χ3v) is 4.03. The molecule has 2 N–H and O–H groups in total. The summed E-state index contributed by atoms with van der Waals surface area (Å²) in [5, 5.41) is 12.2. The molecular formula is C14H18BrNO3. The molecule has 1 fully saturated rings. The van der Waals surface area contributed by atoms with E-state index in [2.05, 4.69) is 21.2 Å². The second kappa shape index (κ2) is 5.92. The third kappa shape index (κ3) is 3.48. The lowest BCUT2D eigenvalue weighted by Crippen LogP contribution is -2.58. The molecule has 0 bridgehead atoms. The smallest absolute Gasteiger partial charge is 0.261 e. The number of ether oxygens (including phenoxy) is 1. The largest absolute Gasteiger partial charge is 0.481 e. The lowest BCUT2D eigenvalue weighted by Gasteiger charge is -2.41. The number of carbonyl (C=O) groups excluding carboxylic acids is 1. The van der Waals surface area contributed by atoms with E-state index in [1.807, 2.05) is 12.1 Å². The highest BCUT2D eigenvalue weighted by Gasteiger charge is 2.38. The Hall–Kier alpha value is -1.07. The van der Waals surface area contributed by atoms with Gasteiger partial charge in [-0.05, 0) is 50.5 Å². The second-order valence-electron chi connectivity index (χ2n) is 5.00. The van der Waals surface area contributed by atoms with E-state index in [0.717, 1.165) is 23.7 Å². The molecule has 0 spiro atoms. The van der Waals surface area contributed by atoms with Crippen LogP contribution < -0.4 is 10.1 Å². The van der Waals surface area contributed by atoms with Gasteiger partial charge in [0, 0.05) is 4.47 Å². The van der Waals surface area contributed by atoms with Gasteiger partial charge in [0.15, 0.2) is 6.10 Å². The van der Waals surface area contributed by atoms with Gasteiger partial charge in [0.25, 0.3) is 5.91 Å².